The van der Waals surface area contributed by atoms with Crippen molar-refractivity contribution in [1.29, 1.82) is 0 Å². The summed E-state index contributed by atoms with van der Waals surface area (Å²) in [5.74, 6) is 0. The van der Waals surface area contributed by atoms with Crippen LogP contribution in [0.15, 0.2) is 53.6 Å². The van der Waals surface area contributed by atoms with Crippen LogP contribution in [0.1, 0.15) is 43.0 Å². The molecule has 4 aromatic rings. The lowest BCUT2D eigenvalue weighted by molar-refractivity contribution is 0.464. The molecule has 2 heterocycles. The molecule has 6 nitrogen and oxygen atoms in total. The zero-order chi connectivity index (χ0) is 21.6. The predicted octanol–water partition coefficient (Wildman–Crippen LogP) is 5.69. The summed E-state index contributed by atoms with van der Waals surface area (Å²) in [4.78, 5) is 4.94. The number of rotatable bonds is 5. The highest BCUT2D eigenvalue weighted by Crippen LogP contribution is 2.32. The third kappa shape index (κ3) is 3.97. The van der Waals surface area contributed by atoms with Gasteiger partial charge in [-0.05, 0) is 68.7 Å². The Labute approximate surface area is 186 Å². The van der Waals surface area contributed by atoms with Gasteiger partial charge in [-0.3, -0.25) is 9.40 Å². The molecule has 8 heteroatoms. The summed E-state index contributed by atoms with van der Waals surface area (Å²) in [6.07, 6.45) is 6.13. The van der Waals surface area contributed by atoms with Crippen LogP contribution in [0.2, 0.25) is 0 Å². The standard InChI is InChI=1S/C23H24N4O2S2/c1-15-7-12-20-21(13-15)30-23(24-20)17-8-10-18(11-9-17)26-31(28,29)22-14-27(25-16(22)2)19-5-3-4-6-19/h7-14,19,26H,3-6H2,1-2H3. The van der Waals surface area contributed by atoms with Gasteiger partial charge in [0.05, 0.1) is 22.0 Å². The first-order valence-corrected chi connectivity index (χ1v) is 12.8. The van der Waals surface area contributed by atoms with Crippen LogP contribution in [0.25, 0.3) is 20.8 Å². The lowest BCUT2D eigenvalue weighted by Gasteiger charge is -2.09. The molecule has 2 aromatic heterocycles. The topological polar surface area (TPSA) is 76.9 Å². The maximum Gasteiger partial charge on any atom is 0.265 e. The van der Waals surface area contributed by atoms with Gasteiger partial charge in [-0.1, -0.05) is 18.9 Å². The van der Waals surface area contributed by atoms with Gasteiger partial charge >= 0.3 is 0 Å². The average molecular weight is 453 g/mol. The molecule has 0 unspecified atom stereocenters. The summed E-state index contributed by atoms with van der Waals surface area (Å²) < 4.78 is 31.6. The monoisotopic (exact) mass is 452 g/mol. The van der Waals surface area contributed by atoms with Crippen LogP contribution in [-0.4, -0.2) is 23.2 Å². The fourth-order valence-corrected chi connectivity index (χ4v) is 6.43. The zero-order valence-electron chi connectivity index (χ0n) is 17.5. The SMILES string of the molecule is Cc1ccc2nc(-c3ccc(NS(=O)(=O)c4cn(C5CCCC5)nc4C)cc3)sc2c1. The van der Waals surface area contributed by atoms with Crippen molar-refractivity contribution in [2.75, 3.05) is 4.72 Å². The quantitative estimate of drug-likeness (QED) is 0.422. The molecule has 1 aliphatic carbocycles. The number of sulfonamides is 1. The second-order valence-corrected chi connectivity index (χ2v) is 10.9. The van der Waals surface area contributed by atoms with E-state index in [1.165, 1.54) is 18.4 Å². The molecule has 1 saturated carbocycles. The van der Waals surface area contributed by atoms with Crippen molar-refractivity contribution >= 4 is 37.3 Å². The van der Waals surface area contributed by atoms with E-state index in [2.05, 4.69) is 28.9 Å². The van der Waals surface area contributed by atoms with Gasteiger partial charge in [-0.25, -0.2) is 13.4 Å². The van der Waals surface area contributed by atoms with E-state index in [0.29, 0.717) is 17.4 Å². The van der Waals surface area contributed by atoms with Crippen molar-refractivity contribution in [2.24, 2.45) is 0 Å². The van der Waals surface area contributed by atoms with Gasteiger partial charge in [0.25, 0.3) is 10.0 Å². The molecule has 1 aliphatic rings. The number of nitrogens with zero attached hydrogens (tertiary/aromatic N) is 3. The van der Waals surface area contributed by atoms with Gasteiger partial charge in [0.15, 0.2) is 0 Å². The average Bonchev–Trinajstić information content (AvgIpc) is 3.47. The Morgan fingerprint density at radius 3 is 2.55 bits per heavy atom. The molecule has 0 saturated heterocycles. The molecule has 0 atom stereocenters. The first kappa shape index (κ1) is 20.2. The minimum atomic E-state index is -3.70. The van der Waals surface area contributed by atoms with Crippen LogP contribution in [0.5, 0.6) is 0 Å². The minimum Gasteiger partial charge on any atom is -0.280 e. The maximum absolute atomic E-state index is 13.0. The van der Waals surface area contributed by atoms with Crippen LogP contribution >= 0.6 is 11.3 Å². The lowest BCUT2D eigenvalue weighted by atomic mass is 10.2. The van der Waals surface area contributed by atoms with Crippen LogP contribution in [-0.2, 0) is 10.0 Å². The molecule has 160 valence electrons. The van der Waals surface area contributed by atoms with E-state index in [-0.39, 0.29) is 4.90 Å². The Morgan fingerprint density at radius 1 is 1.06 bits per heavy atom. The van der Waals surface area contributed by atoms with Gasteiger partial charge in [0.2, 0.25) is 0 Å². The summed E-state index contributed by atoms with van der Waals surface area (Å²) in [6, 6.07) is 13.9. The molecule has 1 N–H and O–H groups in total. The number of thiazole rings is 1. The number of aromatic nitrogens is 3. The number of benzene rings is 2. The van der Waals surface area contributed by atoms with Crippen LogP contribution in [0.4, 0.5) is 5.69 Å². The molecule has 2 aromatic carbocycles. The lowest BCUT2D eigenvalue weighted by Crippen LogP contribution is -2.13. The Hall–Kier alpha value is -2.71. The van der Waals surface area contributed by atoms with E-state index in [1.807, 2.05) is 22.9 Å². The molecule has 0 aliphatic heterocycles. The van der Waals surface area contributed by atoms with Crippen molar-refractivity contribution < 1.29 is 8.42 Å². The number of nitrogens with one attached hydrogen (secondary N) is 1. The Kier molecular flexibility index (Phi) is 5.06. The third-order valence-corrected chi connectivity index (χ3v) is 8.34. The number of aryl methyl sites for hydroxylation is 2. The molecule has 1 fully saturated rings. The van der Waals surface area contributed by atoms with Crippen LogP contribution in [0.3, 0.4) is 0 Å². The van der Waals surface area contributed by atoms with Crippen LogP contribution in [0, 0.1) is 13.8 Å². The predicted molar refractivity (Wildman–Crippen MR) is 125 cm³/mol. The molecule has 0 bridgehead atoms. The Morgan fingerprint density at radius 2 is 1.81 bits per heavy atom. The van der Waals surface area contributed by atoms with E-state index >= 15 is 0 Å². The summed E-state index contributed by atoms with van der Waals surface area (Å²) in [5.41, 5.74) is 4.20. The Balaban J connectivity index is 1.37. The number of fused-ring (bicyclic) bond motifs is 1. The van der Waals surface area contributed by atoms with E-state index < -0.39 is 10.0 Å². The van der Waals surface area contributed by atoms with Crippen molar-refractivity contribution in [3.63, 3.8) is 0 Å². The molecular weight excluding hydrogens is 428 g/mol. The second kappa shape index (κ2) is 7.76. The van der Waals surface area contributed by atoms with E-state index in [1.54, 1.807) is 36.6 Å². The van der Waals surface area contributed by atoms with E-state index in [4.69, 9.17) is 4.98 Å². The third-order valence-electron chi connectivity index (χ3n) is 5.79. The fourth-order valence-electron chi connectivity index (χ4n) is 4.13. The van der Waals surface area contributed by atoms with Gasteiger partial charge in [-0.15, -0.1) is 11.3 Å². The maximum atomic E-state index is 13.0. The van der Waals surface area contributed by atoms with Crippen molar-refractivity contribution in [3.8, 4) is 10.6 Å². The van der Waals surface area contributed by atoms with Gasteiger partial charge in [-0.2, -0.15) is 5.10 Å². The fraction of sp³-hybridized carbons (Fsp3) is 0.304. The first-order valence-electron chi connectivity index (χ1n) is 10.5. The molecule has 0 amide bonds. The molecule has 31 heavy (non-hydrogen) atoms. The summed E-state index contributed by atoms with van der Waals surface area (Å²) in [5, 5.41) is 5.39. The van der Waals surface area contributed by atoms with Gasteiger partial charge in [0.1, 0.15) is 9.90 Å². The summed E-state index contributed by atoms with van der Waals surface area (Å²) in [6.45, 7) is 3.82. The minimum absolute atomic E-state index is 0.241. The highest BCUT2D eigenvalue weighted by Gasteiger charge is 2.24. The van der Waals surface area contributed by atoms with E-state index in [9.17, 15) is 8.42 Å². The van der Waals surface area contributed by atoms with Gasteiger partial charge < -0.3 is 0 Å². The number of hydrogen-bond acceptors (Lipinski definition) is 5. The molecule has 5 rings (SSSR count). The van der Waals surface area contributed by atoms with Crippen LogP contribution < -0.4 is 4.72 Å². The number of anilines is 1. The second-order valence-electron chi connectivity index (χ2n) is 8.17. The molecule has 0 radical (unpaired) electrons. The normalized spacial score (nSPS) is 15.0. The highest BCUT2D eigenvalue weighted by molar-refractivity contribution is 7.92. The first-order chi connectivity index (χ1) is 14.9. The largest absolute Gasteiger partial charge is 0.280 e. The zero-order valence-corrected chi connectivity index (χ0v) is 19.1. The van der Waals surface area contributed by atoms with Crippen molar-refractivity contribution in [3.05, 3.63) is 59.9 Å². The summed E-state index contributed by atoms with van der Waals surface area (Å²) in [7, 11) is -3.70. The highest BCUT2D eigenvalue weighted by atomic mass is 32.2. The smallest absolute Gasteiger partial charge is 0.265 e. The van der Waals surface area contributed by atoms with E-state index in [0.717, 1.165) is 33.6 Å². The molecular formula is C23H24N4O2S2. The number of hydrogen-bond donors (Lipinski definition) is 1. The van der Waals surface area contributed by atoms with Crippen molar-refractivity contribution in [1.82, 2.24) is 14.8 Å². The van der Waals surface area contributed by atoms with Crippen molar-refractivity contribution in [2.45, 2.75) is 50.5 Å². The summed E-state index contributed by atoms with van der Waals surface area (Å²) >= 11 is 1.64. The Bertz CT molecular complexity index is 1350. The van der Waals surface area contributed by atoms with Gasteiger partial charge in [0, 0.05) is 17.4 Å². The molecule has 0 spiro atoms.